The first kappa shape index (κ1) is 22.6. The SMILES string of the molecule is CC(=O)O[C@@H]1[C@@H](OC(C)=O)[C@H](OC(C)=O)CS[C@H]1Oc1cccnc1-c1ccccc1. The Kier molecular flexibility index (Phi) is 7.51. The van der Waals surface area contributed by atoms with Crippen molar-refractivity contribution >= 4 is 29.7 Å². The highest BCUT2D eigenvalue weighted by Gasteiger charge is 2.47. The number of nitrogens with zero attached hydrogens (tertiary/aromatic N) is 1. The van der Waals surface area contributed by atoms with Gasteiger partial charge in [-0.1, -0.05) is 30.3 Å². The Hall–Kier alpha value is -3.07. The summed E-state index contributed by atoms with van der Waals surface area (Å²) in [5.74, 6) is -0.912. The van der Waals surface area contributed by atoms with Gasteiger partial charge < -0.3 is 18.9 Å². The molecule has 1 aliphatic heterocycles. The topological polar surface area (TPSA) is 101 Å². The molecule has 31 heavy (non-hydrogen) atoms. The number of rotatable bonds is 6. The van der Waals surface area contributed by atoms with Crippen LogP contribution in [0.1, 0.15) is 20.8 Å². The molecule has 2 aromatic rings. The number of ether oxygens (including phenoxy) is 4. The highest BCUT2D eigenvalue weighted by atomic mass is 32.2. The van der Waals surface area contributed by atoms with Gasteiger partial charge in [0, 0.05) is 38.3 Å². The predicted molar refractivity (Wildman–Crippen MR) is 113 cm³/mol. The maximum atomic E-state index is 11.8. The number of carbonyl (C=O) groups excluding carboxylic acids is 3. The number of benzene rings is 1. The average Bonchev–Trinajstić information content (AvgIpc) is 2.72. The van der Waals surface area contributed by atoms with Crippen molar-refractivity contribution < 1.29 is 33.3 Å². The molecule has 1 aromatic heterocycles. The Morgan fingerprint density at radius 1 is 0.871 bits per heavy atom. The standard InChI is InChI=1S/C22H23NO7S/c1-13(24)27-18-12-31-22(21(29-15(3)26)20(18)28-14(2)25)30-17-10-7-11-23-19(17)16-8-5-4-6-9-16/h4-11,18,20-22H,12H2,1-3H3/t18-,20+,21-,22-/m1/s1. The summed E-state index contributed by atoms with van der Waals surface area (Å²) in [5, 5.41) is 0. The molecule has 0 radical (unpaired) electrons. The second kappa shape index (κ2) is 10.3. The average molecular weight is 445 g/mol. The second-order valence-electron chi connectivity index (χ2n) is 6.83. The van der Waals surface area contributed by atoms with Crippen molar-refractivity contribution in [2.24, 2.45) is 0 Å². The fourth-order valence-corrected chi connectivity index (χ4v) is 4.44. The molecule has 1 saturated heterocycles. The Morgan fingerprint density at radius 2 is 1.52 bits per heavy atom. The molecule has 0 saturated carbocycles. The first-order valence-corrected chi connectivity index (χ1v) is 10.7. The van der Waals surface area contributed by atoms with E-state index < -0.39 is 41.7 Å². The van der Waals surface area contributed by atoms with Crippen molar-refractivity contribution in [2.45, 2.75) is 44.5 Å². The van der Waals surface area contributed by atoms with Crippen molar-refractivity contribution in [2.75, 3.05) is 5.75 Å². The number of aromatic nitrogens is 1. The number of hydrogen-bond acceptors (Lipinski definition) is 9. The van der Waals surface area contributed by atoms with Crippen molar-refractivity contribution in [3.63, 3.8) is 0 Å². The molecule has 1 aliphatic rings. The van der Waals surface area contributed by atoms with E-state index in [1.165, 1.54) is 32.5 Å². The number of carbonyl (C=O) groups is 3. The highest BCUT2D eigenvalue weighted by Crippen LogP contribution is 2.36. The molecule has 0 N–H and O–H groups in total. The van der Waals surface area contributed by atoms with E-state index in [-0.39, 0.29) is 0 Å². The molecule has 8 nitrogen and oxygen atoms in total. The number of thioether (sulfide) groups is 1. The van der Waals surface area contributed by atoms with Crippen LogP contribution in [0.25, 0.3) is 11.3 Å². The zero-order valence-electron chi connectivity index (χ0n) is 17.3. The van der Waals surface area contributed by atoms with E-state index in [0.29, 0.717) is 17.2 Å². The molecule has 1 aromatic carbocycles. The Bertz CT molecular complexity index is 936. The van der Waals surface area contributed by atoms with Gasteiger partial charge in [-0.25, -0.2) is 0 Å². The maximum Gasteiger partial charge on any atom is 0.303 e. The molecule has 0 aliphatic carbocycles. The molecule has 164 valence electrons. The van der Waals surface area contributed by atoms with E-state index in [4.69, 9.17) is 18.9 Å². The fraction of sp³-hybridized carbons (Fsp3) is 0.364. The van der Waals surface area contributed by atoms with Crippen molar-refractivity contribution in [1.82, 2.24) is 4.98 Å². The van der Waals surface area contributed by atoms with E-state index in [9.17, 15) is 14.4 Å². The zero-order chi connectivity index (χ0) is 22.4. The van der Waals surface area contributed by atoms with E-state index in [2.05, 4.69) is 4.98 Å². The molecule has 9 heteroatoms. The number of pyridine rings is 1. The van der Waals surface area contributed by atoms with E-state index in [1.54, 1.807) is 18.3 Å². The first-order chi connectivity index (χ1) is 14.8. The molecule has 0 unspecified atom stereocenters. The van der Waals surface area contributed by atoms with Gasteiger partial charge in [-0.05, 0) is 12.1 Å². The van der Waals surface area contributed by atoms with Gasteiger partial charge in [0.05, 0.1) is 0 Å². The van der Waals surface area contributed by atoms with Crippen LogP contribution in [-0.4, -0.2) is 52.4 Å². The lowest BCUT2D eigenvalue weighted by Gasteiger charge is -2.40. The number of hydrogen-bond donors (Lipinski definition) is 0. The minimum absolute atomic E-state index is 0.293. The van der Waals surface area contributed by atoms with Gasteiger partial charge in [0.15, 0.2) is 23.7 Å². The molecule has 0 bridgehead atoms. The third-order valence-electron chi connectivity index (χ3n) is 4.37. The molecular weight excluding hydrogens is 422 g/mol. The van der Waals surface area contributed by atoms with Gasteiger partial charge in [0.1, 0.15) is 11.4 Å². The Balaban J connectivity index is 1.92. The molecule has 0 amide bonds. The van der Waals surface area contributed by atoms with E-state index in [1.807, 2.05) is 30.3 Å². The van der Waals surface area contributed by atoms with Crippen LogP contribution in [0.15, 0.2) is 48.7 Å². The predicted octanol–water partition coefficient (Wildman–Crippen LogP) is 3.00. The summed E-state index contributed by atoms with van der Waals surface area (Å²) in [5.41, 5.74) is 0.764. The lowest BCUT2D eigenvalue weighted by Crippen LogP contribution is -2.55. The van der Waals surface area contributed by atoms with Crippen LogP contribution < -0.4 is 4.74 Å². The summed E-state index contributed by atoms with van der Waals surface area (Å²) in [6.45, 7) is 3.75. The molecule has 0 spiro atoms. The smallest absolute Gasteiger partial charge is 0.303 e. The lowest BCUT2D eigenvalue weighted by atomic mass is 10.1. The largest absolute Gasteiger partial charge is 0.473 e. The normalized spacial score (nSPS) is 22.8. The summed E-state index contributed by atoms with van der Waals surface area (Å²) in [6, 6.07) is 13.0. The molecule has 1 fully saturated rings. The summed E-state index contributed by atoms with van der Waals surface area (Å²) in [7, 11) is 0. The van der Waals surface area contributed by atoms with E-state index in [0.717, 1.165) is 5.56 Å². The van der Waals surface area contributed by atoms with Crippen LogP contribution in [0.2, 0.25) is 0 Å². The van der Waals surface area contributed by atoms with Crippen molar-refractivity contribution in [1.29, 1.82) is 0 Å². The van der Waals surface area contributed by atoms with Gasteiger partial charge in [0.25, 0.3) is 0 Å². The Labute approximate surface area is 184 Å². The molecular formula is C22H23NO7S. The Morgan fingerprint density at radius 3 is 2.16 bits per heavy atom. The molecule has 2 heterocycles. The summed E-state index contributed by atoms with van der Waals surface area (Å²) in [6.07, 6.45) is -1.12. The summed E-state index contributed by atoms with van der Waals surface area (Å²) < 4.78 is 22.4. The maximum absolute atomic E-state index is 11.8. The highest BCUT2D eigenvalue weighted by molar-refractivity contribution is 7.99. The minimum atomic E-state index is -1.01. The fourth-order valence-electron chi connectivity index (χ4n) is 3.23. The van der Waals surface area contributed by atoms with Crippen LogP contribution in [0.5, 0.6) is 5.75 Å². The van der Waals surface area contributed by atoms with Gasteiger partial charge >= 0.3 is 17.9 Å². The van der Waals surface area contributed by atoms with E-state index >= 15 is 0 Å². The minimum Gasteiger partial charge on any atom is -0.473 e. The van der Waals surface area contributed by atoms with Crippen LogP contribution in [0.4, 0.5) is 0 Å². The first-order valence-electron chi connectivity index (χ1n) is 9.65. The second-order valence-corrected chi connectivity index (χ2v) is 7.96. The van der Waals surface area contributed by atoms with Gasteiger partial charge in [-0.3, -0.25) is 19.4 Å². The van der Waals surface area contributed by atoms with Gasteiger partial charge in [0.2, 0.25) is 0 Å². The lowest BCUT2D eigenvalue weighted by molar-refractivity contribution is -0.186. The van der Waals surface area contributed by atoms with Crippen LogP contribution >= 0.6 is 11.8 Å². The third-order valence-corrected chi connectivity index (χ3v) is 5.58. The van der Waals surface area contributed by atoms with Crippen molar-refractivity contribution in [3.05, 3.63) is 48.7 Å². The van der Waals surface area contributed by atoms with Gasteiger partial charge in [-0.2, -0.15) is 0 Å². The summed E-state index contributed by atoms with van der Waals surface area (Å²) in [4.78, 5) is 39.5. The van der Waals surface area contributed by atoms with Crippen LogP contribution in [-0.2, 0) is 28.6 Å². The quantitative estimate of drug-likeness (QED) is 0.490. The zero-order valence-corrected chi connectivity index (χ0v) is 18.2. The third kappa shape index (κ3) is 5.97. The monoisotopic (exact) mass is 445 g/mol. The number of esters is 3. The van der Waals surface area contributed by atoms with Gasteiger partial charge in [-0.15, -0.1) is 11.8 Å². The molecule has 3 rings (SSSR count). The van der Waals surface area contributed by atoms with Crippen LogP contribution in [0.3, 0.4) is 0 Å². The van der Waals surface area contributed by atoms with Crippen LogP contribution in [0, 0.1) is 0 Å². The summed E-state index contributed by atoms with van der Waals surface area (Å²) >= 11 is 1.30. The molecule has 4 atom stereocenters. The van der Waals surface area contributed by atoms with Crippen molar-refractivity contribution in [3.8, 4) is 17.0 Å².